The van der Waals surface area contributed by atoms with Crippen molar-refractivity contribution < 1.29 is 15.3 Å². The first kappa shape index (κ1) is 14.5. The third kappa shape index (κ3) is 2.80. The molecule has 2 aromatic rings. The van der Waals surface area contributed by atoms with Gasteiger partial charge in [0.05, 0.1) is 25.4 Å². The Morgan fingerprint density at radius 3 is 2.80 bits per heavy atom. The molecular weight excluding hydrogens is 266 g/mol. The normalized spacial score (nSPS) is 14.6. The van der Waals surface area contributed by atoms with Crippen LogP contribution in [0.2, 0.25) is 0 Å². The van der Waals surface area contributed by atoms with E-state index in [-0.39, 0.29) is 24.7 Å². The Balaban J connectivity index is 2.20. The number of aliphatic hydroxyl groups excluding tert-OH is 3. The highest BCUT2D eigenvalue weighted by Gasteiger charge is 2.18. The molecule has 2 heterocycles. The van der Waals surface area contributed by atoms with E-state index < -0.39 is 18.8 Å². The van der Waals surface area contributed by atoms with Crippen LogP contribution >= 0.6 is 0 Å². The number of hydrogen-bond acceptors (Lipinski definition) is 7. The van der Waals surface area contributed by atoms with Crippen LogP contribution < -0.4 is 16.6 Å². The molecule has 0 radical (unpaired) electrons. The highest BCUT2D eigenvalue weighted by molar-refractivity contribution is 5.78. The van der Waals surface area contributed by atoms with Gasteiger partial charge < -0.3 is 31.4 Å². The maximum atomic E-state index is 11.6. The van der Waals surface area contributed by atoms with Crippen LogP contribution in [0.5, 0.6) is 0 Å². The summed E-state index contributed by atoms with van der Waals surface area (Å²) in [5, 5.41) is 30.3. The zero-order chi connectivity index (χ0) is 14.7. The minimum atomic E-state index is -1.08. The lowest BCUT2D eigenvalue weighted by atomic mass is 10.1. The second-order valence-electron chi connectivity index (χ2n) is 4.41. The maximum absolute atomic E-state index is 11.6. The molecule has 0 aromatic carbocycles. The Morgan fingerprint density at radius 2 is 2.15 bits per heavy atom. The SMILES string of the molecule is Nc1nc2c(CN[C@@H](CO)[C@@H](O)CO)c[nH]c2c(=O)[nH]1. The Bertz CT molecular complexity index is 637. The topological polar surface area (TPSA) is 160 Å². The van der Waals surface area contributed by atoms with Gasteiger partial charge in [0.15, 0.2) is 0 Å². The number of aromatic nitrogens is 3. The van der Waals surface area contributed by atoms with Crippen molar-refractivity contribution in [3.63, 3.8) is 0 Å². The first-order valence-corrected chi connectivity index (χ1v) is 6.05. The molecule has 0 aliphatic rings. The van der Waals surface area contributed by atoms with Gasteiger partial charge in [0.25, 0.3) is 5.56 Å². The first-order valence-electron chi connectivity index (χ1n) is 6.05. The number of nitrogens with zero attached hydrogens (tertiary/aromatic N) is 1. The number of nitrogens with one attached hydrogen (secondary N) is 3. The van der Waals surface area contributed by atoms with Crippen molar-refractivity contribution in [3.8, 4) is 0 Å². The summed E-state index contributed by atoms with van der Waals surface area (Å²) in [5.74, 6) is 0.0115. The van der Waals surface area contributed by atoms with Crippen LogP contribution in [0.3, 0.4) is 0 Å². The maximum Gasteiger partial charge on any atom is 0.276 e. The van der Waals surface area contributed by atoms with Gasteiger partial charge in [-0.15, -0.1) is 0 Å². The number of hydrogen-bond donors (Lipinski definition) is 7. The lowest BCUT2D eigenvalue weighted by Crippen LogP contribution is -2.44. The Labute approximate surface area is 113 Å². The predicted molar refractivity (Wildman–Crippen MR) is 71.9 cm³/mol. The van der Waals surface area contributed by atoms with Crippen LogP contribution in [0, 0.1) is 0 Å². The van der Waals surface area contributed by atoms with Crippen LogP contribution in [-0.2, 0) is 6.54 Å². The minimum Gasteiger partial charge on any atom is -0.395 e. The molecule has 0 saturated carbocycles. The van der Waals surface area contributed by atoms with Crippen molar-refractivity contribution in [2.24, 2.45) is 0 Å². The summed E-state index contributed by atoms with van der Waals surface area (Å²) in [6.45, 7) is -0.546. The summed E-state index contributed by atoms with van der Waals surface area (Å²) < 4.78 is 0. The van der Waals surface area contributed by atoms with Crippen LogP contribution in [-0.4, -0.2) is 55.6 Å². The van der Waals surface area contributed by atoms with E-state index in [0.717, 1.165) is 0 Å². The number of rotatable bonds is 6. The lowest BCUT2D eigenvalue weighted by molar-refractivity contribution is 0.0411. The molecule has 8 N–H and O–H groups in total. The third-order valence-electron chi connectivity index (χ3n) is 3.04. The van der Waals surface area contributed by atoms with Gasteiger partial charge in [0.2, 0.25) is 5.95 Å². The van der Waals surface area contributed by atoms with Gasteiger partial charge in [0, 0.05) is 18.3 Å². The molecule has 9 nitrogen and oxygen atoms in total. The first-order chi connectivity index (χ1) is 9.56. The van der Waals surface area contributed by atoms with E-state index in [0.29, 0.717) is 16.6 Å². The minimum absolute atomic E-state index is 0.0115. The summed E-state index contributed by atoms with van der Waals surface area (Å²) >= 11 is 0. The van der Waals surface area contributed by atoms with Gasteiger partial charge in [-0.3, -0.25) is 9.78 Å². The molecule has 0 amide bonds. The quantitative estimate of drug-likeness (QED) is 0.312. The van der Waals surface area contributed by atoms with Crippen LogP contribution in [0.15, 0.2) is 11.0 Å². The average Bonchev–Trinajstić information content (AvgIpc) is 2.82. The fourth-order valence-corrected chi connectivity index (χ4v) is 1.91. The van der Waals surface area contributed by atoms with E-state index in [2.05, 4.69) is 20.3 Å². The number of H-pyrrole nitrogens is 2. The number of anilines is 1. The number of fused-ring (bicyclic) bond motifs is 1. The van der Waals surface area contributed by atoms with Gasteiger partial charge in [0.1, 0.15) is 11.0 Å². The van der Waals surface area contributed by atoms with Gasteiger partial charge >= 0.3 is 0 Å². The fraction of sp³-hybridized carbons (Fsp3) is 0.455. The highest BCUT2D eigenvalue weighted by Crippen LogP contribution is 2.13. The van der Waals surface area contributed by atoms with Crippen LogP contribution in [0.25, 0.3) is 11.0 Å². The number of aromatic amines is 2. The molecule has 2 rings (SSSR count). The van der Waals surface area contributed by atoms with E-state index in [1.807, 2.05) is 0 Å². The monoisotopic (exact) mass is 283 g/mol. The molecule has 20 heavy (non-hydrogen) atoms. The van der Waals surface area contributed by atoms with Crippen molar-refractivity contribution in [2.45, 2.75) is 18.7 Å². The molecule has 0 aliphatic carbocycles. The summed E-state index contributed by atoms with van der Waals surface area (Å²) in [4.78, 5) is 20.8. The molecule has 2 aromatic heterocycles. The summed E-state index contributed by atoms with van der Waals surface area (Å²) in [6.07, 6.45) is 0.519. The van der Waals surface area contributed by atoms with Crippen LogP contribution in [0.1, 0.15) is 5.56 Å². The molecule has 0 unspecified atom stereocenters. The molecule has 9 heteroatoms. The second kappa shape index (κ2) is 6.01. The van der Waals surface area contributed by atoms with Gasteiger partial charge in [-0.25, -0.2) is 4.98 Å². The average molecular weight is 283 g/mol. The van der Waals surface area contributed by atoms with Gasteiger partial charge in [-0.1, -0.05) is 0 Å². The highest BCUT2D eigenvalue weighted by atomic mass is 16.3. The summed E-state index contributed by atoms with van der Waals surface area (Å²) in [6, 6.07) is -0.677. The van der Waals surface area contributed by atoms with E-state index in [4.69, 9.17) is 15.9 Å². The van der Waals surface area contributed by atoms with Crippen molar-refractivity contribution in [3.05, 3.63) is 22.1 Å². The van der Waals surface area contributed by atoms with E-state index >= 15 is 0 Å². The Hall–Kier alpha value is -1.94. The van der Waals surface area contributed by atoms with Crippen molar-refractivity contribution in [1.82, 2.24) is 20.3 Å². The molecule has 0 saturated heterocycles. The molecule has 0 bridgehead atoms. The zero-order valence-electron chi connectivity index (χ0n) is 10.6. The van der Waals surface area contributed by atoms with Crippen LogP contribution in [0.4, 0.5) is 5.95 Å². The van der Waals surface area contributed by atoms with Crippen molar-refractivity contribution >= 4 is 17.0 Å². The summed E-state index contributed by atoms with van der Waals surface area (Å²) in [5.41, 5.74) is 6.52. The molecule has 0 spiro atoms. The lowest BCUT2D eigenvalue weighted by Gasteiger charge is -2.20. The van der Waals surface area contributed by atoms with E-state index in [1.165, 1.54) is 0 Å². The second-order valence-corrected chi connectivity index (χ2v) is 4.41. The van der Waals surface area contributed by atoms with Gasteiger partial charge in [-0.05, 0) is 0 Å². The Kier molecular flexibility index (Phi) is 4.35. The predicted octanol–water partition coefficient (Wildman–Crippen LogP) is -2.36. The Morgan fingerprint density at radius 1 is 1.40 bits per heavy atom. The smallest absolute Gasteiger partial charge is 0.276 e. The molecule has 2 atom stereocenters. The number of aliphatic hydroxyl groups is 3. The molecular formula is C11H17N5O4. The molecule has 0 aliphatic heterocycles. The third-order valence-corrected chi connectivity index (χ3v) is 3.04. The van der Waals surface area contributed by atoms with Gasteiger partial charge in [-0.2, -0.15) is 0 Å². The molecule has 110 valence electrons. The number of nitrogens with two attached hydrogens (primary N) is 1. The summed E-state index contributed by atoms with van der Waals surface area (Å²) in [7, 11) is 0. The molecule has 0 fully saturated rings. The fourth-order valence-electron chi connectivity index (χ4n) is 1.91. The van der Waals surface area contributed by atoms with Crippen molar-refractivity contribution in [1.29, 1.82) is 0 Å². The number of nitrogen functional groups attached to an aromatic ring is 1. The van der Waals surface area contributed by atoms with E-state index in [1.54, 1.807) is 6.20 Å². The zero-order valence-corrected chi connectivity index (χ0v) is 10.6. The largest absolute Gasteiger partial charge is 0.395 e. The van der Waals surface area contributed by atoms with E-state index in [9.17, 15) is 9.90 Å². The van der Waals surface area contributed by atoms with Crippen molar-refractivity contribution in [2.75, 3.05) is 18.9 Å². The standard InChI is InChI=1S/C11H17N5O4/c12-11-15-8-5(2-14-9(8)10(20)16-11)1-13-6(3-17)7(19)4-18/h2,6-7,13-14,17-19H,1,3-4H2,(H3,12,15,16,20)/t6-,7-/m0/s1.